The molecule has 1 aliphatic heterocycles. The van der Waals surface area contributed by atoms with Crippen molar-refractivity contribution in [2.24, 2.45) is 0 Å². The lowest BCUT2D eigenvalue weighted by Gasteiger charge is -2.22. The lowest BCUT2D eigenvalue weighted by Crippen LogP contribution is -2.35. The number of thioether (sulfide) groups is 1. The van der Waals surface area contributed by atoms with E-state index >= 15 is 0 Å². The van der Waals surface area contributed by atoms with Gasteiger partial charge in [-0.3, -0.25) is 4.98 Å². The van der Waals surface area contributed by atoms with Crippen LogP contribution in [0.4, 0.5) is 0 Å². The van der Waals surface area contributed by atoms with Crippen molar-refractivity contribution >= 4 is 11.8 Å². The molecule has 2 heterocycles. The summed E-state index contributed by atoms with van der Waals surface area (Å²) in [5.74, 6) is 1.29. The van der Waals surface area contributed by atoms with Crippen molar-refractivity contribution in [2.75, 3.05) is 5.75 Å². The van der Waals surface area contributed by atoms with Gasteiger partial charge in [-0.25, -0.2) is 0 Å². The minimum atomic E-state index is 0.430. The summed E-state index contributed by atoms with van der Waals surface area (Å²) in [6.07, 6.45) is 5.02. The van der Waals surface area contributed by atoms with Crippen LogP contribution in [0.2, 0.25) is 0 Å². The summed E-state index contributed by atoms with van der Waals surface area (Å²) < 4.78 is 0. The molecule has 0 bridgehead atoms. The molecule has 1 N–H and O–H groups in total. The largest absolute Gasteiger partial charge is 0.306 e. The summed E-state index contributed by atoms with van der Waals surface area (Å²) in [6.45, 7) is 4.54. The van der Waals surface area contributed by atoms with Crippen molar-refractivity contribution in [3.63, 3.8) is 0 Å². The van der Waals surface area contributed by atoms with Gasteiger partial charge >= 0.3 is 0 Å². The minimum absolute atomic E-state index is 0.430. The van der Waals surface area contributed by atoms with Crippen molar-refractivity contribution < 1.29 is 0 Å². The van der Waals surface area contributed by atoms with Crippen LogP contribution in [0.1, 0.15) is 31.9 Å². The van der Waals surface area contributed by atoms with Crippen molar-refractivity contribution in [3.05, 3.63) is 30.1 Å². The number of nitrogens with zero attached hydrogens (tertiary/aromatic N) is 1. The Hall–Kier alpha value is -0.540. The van der Waals surface area contributed by atoms with Gasteiger partial charge in [-0.05, 0) is 36.8 Å². The maximum absolute atomic E-state index is 4.04. The Morgan fingerprint density at radius 2 is 2.20 bits per heavy atom. The second kappa shape index (κ2) is 4.99. The molecule has 0 radical (unpaired) electrons. The average molecular weight is 222 g/mol. The van der Waals surface area contributed by atoms with Gasteiger partial charge in [0.05, 0.1) is 0 Å². The molecule has 1 aromatic rings. The highest BCUT2D eigenvalue weighted by Gasteiger charge is 2.25. The van der Waals surface area contributed by atoms with Gasteiger partial charge in [-0.15, -0.1) is 0 Å². The fourth-order valence-electron chi connectivity index (χ4n) is 2.02. The summed E-state index contributed by atoms with van der Waals surface area (Å²) in [7, 11) is 0. The summed E-state index contributed by atoms with van der Waals surface area (Å²) in [5.41, 5.74) is 1.33. The monoisotopic (exact) mass is 222 g/mol. The van der Waals surface area contributed by atoms with E-state index in [4.69, 9.17) is 0 Å². The molecule has 0 aromatic carbocycles. The van der Waals surface area contributed by atoms with Crippen molar-refractivity contribution in [1.29, 1.82) is 0 Å². The lowest BCUT2D eigenvalue weighted by molar-refractivity contribution is 0.454. The highest BCUT2D eigenvalue weighted by Crippen LogP contribution is 2.28. The Kier molecular flexibility index (Phi) is 3.65. The zero-order valence-corrected chi connectivity index (χ0v) is 10.1. The fourth-order valence-corrected chi connectivity index (χ4v) is 3.23. The van der Waals surface area contributed by atoms with Crippen LogP contribution in [0.5, 0.6) is 0 Å². The third-order valence-corrected chi connectivity index (χ3v) is 4.37. The summed E-state index contributed by atoms with van der Waals surface area (Å²) >= 11 is 2.07. The summed E-state index contributed by atoms with van der Waals surface area (Å²) in [4.78, 5) is 4.04. The van der Waals surface area contributed by atoms with Crippen molar-refractivity contribution in [3.8, 4) is 0 Å². The standard InChI is InChI=1S/C12H18N2S/c1-9(11-3-6-13-7-4-11)14-12-5-8-15-10(12)2/h3-4,6-7,9-10,12,14H,5,8H2,1-2H3/t9-,10?,12?/m0/s1. The first kappa shape index (κ1) is 11.0. The number of aromatic nitrogens is 1. The van der Waals surface area contributed by atoms with Crippen molar-refractivity contribution in [2.45, 2.75) is 37.6 Å². The van der Waals surface area contributed by atoms with E-state index in [9.17, 15) is 0 Å². The van der Waals surface area contributed by atoms with Gasteiger partial charge in [0.2, 0.25) is 0 Å². The van der Waals surface area contributed by atoms with Crippen LogP contribution in [0.3, 0.4) is 0 Å². The van der Waals surface area contributed by atoms with Crippen LogP contribution in [-0.2, 0) is 0 Å². The molecule has 1 aromatic heterocycles. The zero-order chi connectivity index (χ0) is 10.7. The van der Waals surface area contributed by atoms with Crippen LogP contribution in [0, 0.1) is 0 Å². The normalized spacial score (nSPS) is 27.9. The van der Waals surface area contributed by atoms with Gasteiger partial charge in [0.15, 0.2) is 0 Å². The second-order valence-corrected chi connectivity index (χ2v) is 5.63. The molecule has 2 nitrogen and oxygen atoms in total. The Morgan fingerprint density at radius 1 is 1.47 bits per heavy atom. The first-order valence-corrected chi connectivity index (χ1v) is 6.60. The van der Waals surface area contributed by atoms with E-state index in [1.54, 1.807) is 0 Å². The molecular weight excluding hydrogens is 204 g/mol. The van der Waals surface area contributed by atoms with Gasteiger partial charge in [0, 0.05) is 29.7 Å². The van der Waals surface area contributed by atoms with Gasteiger partial charge in [-0.2, -0.15) is 11.8 Å². The molecule has 15 heavy (non-hydrogen) atoms. The molecule has 0 aliphatic carbocycles. The number of nitrogens with one attached hydrogen (secondary N) is 1. The molecule has 82 valence electrons. The van der Waals surface area contributed by atoms with E-state index in [0.717, 1.165) is 5.25 Å². The van der Waals surface area contributed by atoms with Crippen LogP contribution >= 0.6 is 11.8 Å². The van der Waals surface area contributed by atoms with Gasteiger partial charge in [0.1, 0.15) is 0 Å². The topological polar surface area (TPSA) is 24.9 Å². The van der Waals surface area contributed by atoms with Gasteiger partial charge in [0.25, 0.3) is 0 Å². The molecule has 3 atom stereocenters. The zero-order valence-electron chi connectivity index (χ0n) is 9.31. The maximum Gasteiger partial charge on any atom is 0.0295 e. The predicted octanol–water partition coefficient (Wildman–Crippen LogP) is 2.63. The van der Waals surface area contributed by atoms with E-state index in [0.29, 0.717) is 12.1 Å². The smallest absolute Gasteiger partial charge is 0.0295 e. The van der Waals surface area contributed by atoms with E-state index in [1.165, 1.54) is 17.7 Å². The third-order valence-electron chi connectivity index (χ3n) is 3.05. The summed E-state index contributed by atoms with van der Waals surface area (Å²) in [5, 5.41) is 4.44. The number of pyridine rings is 1. The minimum Gasteiger partial charge on any atom is -0.306 e. The van der Waals surface area contributed by atoms with Gasteiger partial charge < -0.3 is 5.32 Å². The van der Waals surface area contributed by atoms with E-state index in [-0.39, 0.29) is 0 Å². The van der Waals surface area contributed by atoms with Gasteiger partial charge in [-0.1, -0.05) is 6.92 Å². The third kappa shape index (κ3) is 2.73. The van der Waals surface area contributed by atoms with Crippen LogP contribution < -0.4 is 5.32 Å². The Balaban J connectivity index is 1.95. The highest BCUT2D eigenvalue weighted by molar-refractivity contribution is 8.00. The lowest BCUT2D eigenvalue weighted by atomic mass is 10.1. The van der Waals surface area contributed by atoms with Crippen LogP contribution in [0.25, 0.3) is 0 Å². The molecule has 1 aliphatic rings. The first-order chi connectivity index (χ1) is 7.27. The first-order valence-electron chi connectivity index (χ1n) is 5.55. The molecule has 1 saturated heterocycles. The molecule has 1 fully saturated rings. The SMILES string of the molecule is CC1SCCC1N[C@@H](C)c1ccncc1. The van der Waals surface area contributed by atoms with E-state index in [1.807, 2.05) is 12.4 Å². The average Bonchev–Trinajstić information content (AvgIpc) is 2.66. The molecular formula is C12H18N2S. The number of hydrogen-bond donors (Lipinski definition) is 1. The molecule has 0 spiro atoms. The number of rotatable bonds is 3. The Labute approximate surface area is 95.9 Å². The van der Waals surface area contributed by atoms with Crippen LogP contribution in [0.15, 0.2) is 24.5 Å². The van der Waals surface area contributed by atoms with E-state index < -0.39 is 0 Å². The molecule has 2 unspecified atom stereocenters. The van der Waals surface area contributed by atoms with Crippen LogP contribution in [-0.4, -0.2) is 22.0 Å². The quantitative estimate of drug-likeness (QED) is 0.851. The maximum atomic E-state index is 4.04. The number of hydrogen-bond acceptors (Lipinski definition) is 3. The molecule has 0 amide bonds. The Bertz CT molecular complexity index is 302. The fraction of sp³-hybridized carbons (Fsp3) is 0.583. The molecule has 3 heteroatoms. The molecule has 2 rings (SSSR count). The summed E-state index contributed by atoms with van der Waals surface area (Å²) in [6, 6.07) is 5.27. The second-order valence-electron chi connectivity index (χ2n) is 4.14. The Morgan fingerprint density at radius 3 is 2.80 bits per heavy atom. The van der Waals surface area contributed by atoms with E-state index in [2.05, 4.69) is 48.0 Å². The molecule has 0 saturated carbocycles. The van der Waals surface area contributed by atoms with Crippen molar-refractivity contribution in [1.82, 2.24) is 10.3 Å². The highest BCUT2D eigenvalue weighted by atomic mass is 32.2. The predicted molar refractivity (Wildman–Crippen MR) is 66.1 cm³/mol.